The lowest BCUT2D eigenvalue weighted by Crippen LogP contribution is -2.36. The van der Waals surface area contributed by atoms with Crippen molar-refractivity contribution in [3.63, 3.8) is 0 Å². The summed E-state index contributed by atoms with van der Waals surface area (Å²) in [7, 11) is 0. The quantitative estimate of drug-likeness (QED) is 0.259. The summed E-state index contributed by atoms with van der Waals surface area (Å²) in [5.41, 5.74) is 1.26. The predicted octanol–water partition coefficient (Wildman–Crippen LogP) is 3.71. The van der Waals surface area contributed by atoms with Crippen molar-refractivity contribution in [3.8, 4) is 0 Å². The van der Waals surface area contributed by atoms with Crippen molar-refractivity contribution >= 4 is 46.1 Å². The highest BCUT2D eigenvalue weighted by molar-refractivity contribution is 7.99. The molecule has 1 N–H and O–H groups in total. The van der Waals surface area contributed by atoms with Crippen LogP contribution in [0.5, 0.6) is 0 Å². The Labute approximate surface area is 219 Å². The molecule has 0 aliphatic carbocycles. The van der Waals surface area contributed by atoms with Gasteiger partial charge in [-0.25, -0.2) is 9.78 Å². The van der Waals surface area contributed by atoms with Gasteiger partial charge in [-0.3, -0.25) is 19.0 Å². The van der Waals surface area contributed by atoms with E-state index in [2.05, 4.69) is 10.3 Å². The second-order valence-electron chi connectivity index (χ2n) is 8.69. The van der Waals surface area contributed by atoms with E-state index in [1.165, 1.54) is 4.57 Å². The van der Waals surface area contributed by atoms with Crippen LogP contribution in [0.4, 0.5) is 5.69 Å². The van der Waals surface area contributed by atoms with Crippen LogP contribution in [0.15, 0.2) is 58.5 Å². The summed E-state index contributed by atoms with van der Waals surface area (Å²) in [4.78, 5) is 56.9. The van der Waals surface area contributed by atoms with Crippen molar-refractivity contribution in [1.82, 2.24) is 14.5 Å². The number of rotatable bonds is 9. The first-order valence-corrected chi connectivity index (χ1v) is 13.4. The number of piperidine rings is 1. The lowest BCUT2D eigenvalue weighted by molar-refractivity contribution is -0.132. The zero-order valence-corrected chi connectivity index (χ0v) is 21.6. The first kappa shape index (κ1) is 26.4. The molecule has 10 heteroatoms. The van der Waals surface area contributed by atoms with E-state index in [-0.39, 0.29) is 42.7 Å². The summed E-state index contributed by atoms with van der Waals surface area (Å²) >= 11 is 1.15. The molecular weight excluding hydrogens is 492 g/mol. The summed E-state index contributed by atoms with van der Waals surface area (Å²) in [6.07, 6.45) is 3.35. The maximum atomic E-state index is 13.3. The summed E-state index contributed by atoms with van der Waals surface area (Å²) in [6.45, 7) is 3.74. The minimum atomic E-state index is -0.421. The molecule has 1 aromatic heterocycles. The van der Waals surface area contributed by atoms with Gasteiger partial charge in [0.05, 0.1) is 28.8 Å². The molecule has 2 heterocycles. The Hall–Kier alpha value is -3.66. The van der Waals surface area contributed by atoms with E-state index < -0.39 is 5.97 Å². The van der Waals surface area contributed by atoms with Crippen molar-refractivity contribution in [2.24, 2.45) is 0 Å². The number of benzene rings is 2. The molecule has 0 unspecified atom stereocenters. The topological polar surface area (TPSA) is 111 Å². The summed E-state index contributed by atoms with van der Waals surface area (Å²) in [5, 5.41) is 3.65. The van der Waals surface area contributed by atoms with Crippen molar-refractivity contribution < 1.29 is 19.1 Å². The largest absolute Gasteiger partial charge is 0.462 e. The van der Waals surface area contributed by atoms with Gasteiger partial charge >= 0.3 is 5.97 Å². The lowest BCUT2D eigenvalue weighted by atomic mass is 10.1. The Morgan fingerprint density at radius 2 is 1.76 bits per heavy atom. The van der Waals surface area contributed by atoms with Crippen molar-refractivity contribution in [2.45, 2.75) is 44.3 Å². The minimum Gasteiger partial charge on any atom is -0.462 e. The zero-order valence-electron chi connectivity index (χ0n) is 20.8. The fourth-order valence-corrected chi connectivity index (χ4v) is 5.02. The molecule has 0 radical (unpaired) electrons. The third-order valence-corrected chi connectivity index (χ3v) is 7.07. The predicted molar refractivity (Wildman–Crippen MR) is 143 cm³/mol. The monoisotopic (exact) mass is 522 g/mol. The van der Waals surface area contributed by atoms with Gasteiger partial charge in [-0.05, 0) is 62.6 Å². The number of amides is 2. The molecular formula is C27H30N4O5S. The standard InChI is InChI=1S/C27H30N4O5S/c1-2-36-26(35)19-10-12-20(13-11-19)28-23(32)18-37-27-29-22-9-5-4-8-21(22)25(34)31(27)17-14-24(33)30-15-6-3-7-16-30/h4-5,8-13H,2-3,6-7,14-18H2,1H3,(H,28,32). The highest BCUT2D eigenvalue weighted by atomic mass is 32.2. The SMILES string of the molecule is CCOC(=O)c1ccc(NC(=O)CSc2nc3ccccc3c(=O)n2CCC(=O)N2CCCCC2)cc1. The van der Waals surface area contributed by atoms with E-state index in [0.717, 1.165) is 44.1 Å². The van der Waals surface area contributed by atoms with Crippen LogP contribution in [0.1, 0.15) is 43.0 Å². The number of carbonyl (C=O) groups excluding carboxylic acids is 3. The Balaban J connectivity index is 1.45. The number of likely N-dealkylation sites (tertiary alicyclic amines) is 1. The third-order valence-electron chi connectivity index (χ3n) is 6.10. The summed E-state index contributed by atoms with van der Waals surface area (Å²) < 4.78 is 6.46. The number of nitrogens with one attached hydrogen (secondary N) is 1. The second kappa shape index (κ2) is 12.5. The van der Waals surface area contributed by atoms with E-state index >= 15 is 0 Å². The molecule has 3 aromatic rings. The number of hydrogen-bond donors (Lipinski definition) is 1. The van der Waals surface area contributed by atoms with Gasteiger partial charge in [0.25, 0.3) is 5.56 Å². The van der Waals surface area contributed by atoms with Crippen molar-refractivity contribution in [1.29, 1.82) is 0 Å². The van der Waals surface area contributed by atoms with Gasteiger partial charge in [0, 0.05) is 31.7 Å². The van der Waals surface area contributed by atoms with Crippen LogP contribution in [0, 0.1) is 0 Å². The average molecular weight is 523 g/mol. The zero-order chi connectivity index (χ0) is 26.2. The number of hydrogen-bond acceptors (Lipinski definition) is 7. The maximum absolute atomic E-state index is 13.3. The van der Waals surface area contributed by atoms with Crippen LogP contribution in [0.2, 0.25) is 0 Å². The fraction of sp³-hybridized carbons (Fsp3) is 0.370. The molecule has 0 spiro atoms. The number of para-hydroxylation sites is 1. The molecule has 194 valence electrons. The Kier molecular flexibility index (Phi) is 8.95. The van der Waals surface area contributed by atoms with Gasteiger partial charge in [-0.1, -0.05) is 23.9 Å². The molecule has 1 fully saturated rings. The van der Waals surface area contributed by atoms with Crippen molar-refractivity contribution in [3.05, 3.63) is 64.4 Å². The van der Waals surface area contributed by atoms with Crippen molar-refractivity contribution in [2.75, 3.05) is 30.8 Å². The minimum absolute atomic E-state index is 0.0183. The Bertz CT molecular complexity index is 1330. The average Bonchev–Trinajstić information content (AvgIpc) is 2.92. The molecule has 4 rings (SSSR count). The van der Waals surface area contributed by atoms with Gasteiger partial charge in [0.2, 0.25) is 11.8 Å². The second-order valence-corrected chi connectivity index (χ2v) is 9.64. The smallest absolute Gasteiger partial charge is 0.338 e. The molecule has 37 heavy (non-hydrogen) atoms. The highest BCUT2D eigenvalue weighted by Crippen LogP contribution is 2.20. The molecule has 2 aromatic carbocycles. The summed E-state index contributed by atoms with van der Waals surface area (Å²) in [6, 6.07) is 13.5. The third kappa shape index (κ3) is 6.76. The van der Waals surface area contributed by atoms with E-state index in [1.807, 2.05) is 4.90 Å². The number of carbonyl (C=O) groups is 3. The molecule has 1 aliphatic rings. The number of aromatic nitrogens is 2. The van der Waals surface area contributed by atoms with Crippen LogP contribution in [0.25, 0.3) is 10.9 Å². The molecule has 0 bridgehead atoms. The van der Waals surface area contributed by atoms with Gasteiger partial charge in [-0.2, -0.15) is 0 Å². The Morgan fingerprint density at radius 1 is 1.03 bits per heavy atom. The Morgan fingerprint density at radius 3 is 2.49 bits per heavy atom. The van der Waals surface area contributed by atoms with Crippen LogP contribution in [-0.4, -0.2) is 57.7 Å². The molecule has 1 saturated heterocycles. The van der Waals surface area contributed by atoms with Crippen LogP contribution < -0.4 is 10.9 Å². The molecule has 0 saturated carbocycles. The molecule has 1 aliphatic heterocycles. The van der Waals surface area contributed by atoms with E-state index in [9.17, 15) is 19.2 Å². The first-order chi connectivity index (χ1) is 18.0. The lowest BCUT2D eigenvalue weighted by Gasteiger charge is -2.27. The number of ether oxygens (including phenoxy) is 1. The number of anilines is 1. The van der Waals surface area contributed by atoms with Crippen LogP contribution in [-0.2, 0) is 20.9 Å². The van der Waals surface area contributed by atoms with E-state index in [1.54, 1.807) is 55.5 Å². The normalized spacial score (nSPS) is 13.4. The maximum Gasteiger partial charge on any atom is 0.338 e. The van der Waals surface area contributed by atoms with Gasteiger partial charge < -0.3 is 15.0 Å². The molecule has 2 amide bonds. The fourth-order valence-electron chi connectivity index (χ4n) is 4.20. The highest BCUT2D eigenvalue weighted by Gasteiger charge is 2.19. The van der Waals surface area contributed by atoms with Gasteiger partial charge in [0.15, 0.2) is 5.16 Å². The van der Waals surface area contributed by atoms with E-state index in [4.69, 9.17) is 4.74 Å². The first-order valence-electron chi connectivity index (χ1n) is 12.4. The number of nitrogens with zero attached hydrogens (tertiary/aromatic N) is 3. The van der Waals surface area contributed by atoms with E-state index in [0.29, 0.717) is 27.3 Å². The van der Waals surface area contributed by atoms with Crippen LogP contribution in [0.3, 0.4) is 0 Å². The van der Waals surface area contributed by atoms with Gasteiger partial charge in [-0.15, -0.1) is 0 Å². The number of fused-ring (bicyclic) bond motifs is 1. The summed E-state index contributed by atoms with van der Waals surface area (Å²) in [5.74, 6) is -0.660. The molecule has 0 atom stereocenters. The number of thioether (sulfide) groups is 1. The number of esters is 1. The van der Waals surface area contributed by atoms with Gasteiger partial charge in [0.1, 0.15) is 0 Å². The van der Waals surface area contributed by atoms with Crippen LogP contribution >= 0.6 is 11.8 Å². The molecule has 9 nitrogen and oxygen atoms in total.